The van der Waals surface area contributed by atoms with Crippen LogP contribution in [0.15, 0.2) is 55.6 Å². The van der Waals surface area contributed by atoms with Crippen LogP contribution < -0.4 is 0 Å². The molecule has 0 saturated carbocycles. The number of esters is 2. The fourth-order valence-corrected chi connectivity index (χ4v) is 1.65. The number of carbonyl (C=O) groups is 2. The maximum Gasteiger partial charge on any atom is 0.383 e. The number of hydrogen-bond donors (Lipinski definition) is 2. The Balaban J connectivity index is 3.18. The molecule has 0 amide bonds. The van der Waals surface area contributed by atoms with Crippen LogP contribution in [0.25, 0.3) is 0 Å². The summed E-state index contributed by atoms with van der Waals surface area (Å²) in [4.78, 5) is 22.7. The lowest BCUT2D eigenvalue weighted by molar-refractivity contribution is -0.335. The summed E-state index contributed by atoms with van der Waals surface area (Å²) in [5.74, 6) is -5.88. The first-order chi connectivity index (χ1) is 9.96. The van der Waals surface area contributed by atoms with E-state index in [0.29, 0.717) is 5.56 Å². The van der Waals surface area contributed by atoms with E-state index >= 15 is 0 Å². The van der Waals surface area contributed by atoms with Crippen LogP contribution in [-0.2, 0) is 19.1 Å². The number of ether oxygens (including phenoxy) is 2. The van der Waals surface area contributed by atoms with Crippen LogP contribution in [0, 0.1) is 0 Å². The second-order valence-electron chi connectivity index (χ2n) is 4.03. The maximum absolute atomic E-state index is 11.3. The van der Waals surface area contributed by atoms with Gasteiger partial charge in [-0.25, -0.2) is 9.59 Å². The number of carbonyl (C=O) groups excluding carboxylic acids is 2. The van der Waals surface area contributed by atoms with Gasteiger partial charge in [-0.15, -0.1) is 0 Å². The molecule has 2 N–H and O–H groups in total. The summed E-state index contributed by atoms with van der Waals surface area (Å²) in [6.07, 6.45) is 1.60. The summed E-state index contributed by atoms with van der Waals surface area (Å²) in [5.41, 5.74) is 0.413. The minimum atomic E-state index is -2.67. The van der Waals surface area contributed by atoms with Crippen LogP contribution >= 0.6 is 0 Å². The van der Waals surface area contributed by atoms with Crippen molar-refractivity contribution in [2.75, 3.05) is 6.61 Å². The fraction of sp³-hybridized carbons (Fsp3) is 0.200. The summed E-state index contributed by atoms with van der Waals surface area (Å²) < 4.78 is 9.43. The van der Waals surface area contributed by atoms with Gasteiger partial charge in [-0.05, 0) is 5.56 Å². The van der Waals surface area contributed by atoms with E-state index in [2.05, 4.69) is 13.2 Å². The van der Waals surface area contributed by atoms with E-state index in [1.54, 1.807) is 30.3 Å². The van der Waals surface area contributed by atoms with Gasteiger partial charge in [-0.3, -0.25) is 0 Å². The van der Waals surface area contributed by atoms with E-state index in [-0.39, 0.29) is 0 Å². The lowest BCUT2D eigenvalue weighted by atomic mass is 9.97. The van der Waals surface area contributed by atoms with Crippen molar-refractivity contribution in [1.29, 1.82) is 0 Å². The van der Waals surface area contributed by atoms with E-state index < -0.39 is 30.4 Å². The Labute approximate surface area is 121 Å². The first-order valence-electron chi connectivity index (χ1n) is 6.05. The summed E-state index contributed by atoms with van der Waals surface area (Å²) in [5, 5.41) is 19.9. The van der Waals surface area contributed by atoms with Gasteiger partial charge >= 0.3 is 17.9 Å². The highest BCUT2D eigenvalue weighted by atomic mass is 16.8. The number of benzene rings is 1. The van der Waals surface area contributed by atoms with Gasteiger partial charge in [0.2, 0.25) is 0 Å². The van der Waals surface area contributed by atoms with Crippen LogP contribution in [-0.4, -0.2) is 34.7 Å². The van der Waals surface area contributed by atoms with Crippen LogP contribution in [0.5, 0.6) is 0 Å². The van der Waals surface area contributed by atoms with E-state index in [1.807, 2.05) is 0 Å². The predicted octanol–water partition coefficient (Wildman–Crippen LogP) is 0.867. The summed E-state index contributed by atoms with van der Waals surface area (Å²) in [6.45, 7) is 5.76. The van der Waals surface area contributed by atoms with Crippen molar-refractivity contribution in [2.24, 2.45) is 0 Å². The third-order valence-electron chi connectivity index (χ3n) is 2.65. The van der Waals surface area contributed by atoms with E-state index in [4.69, 9.17) is 9.47 Å². The smallest absolute Gasteiger partial charge is 0.383 e. The van der Waals surface area contributed by atoms with Gasteiger partial charge in [0.15, 0.2) is 0 Å². The molecule has 0 heterocycles. The summed E-state index contributed by atoms with van der Waals surface area (Å²) in [6, 6.07) is 8.19. The number of aliphatic hydroxyl groups is 2. The quantitative estimate of drug-likeness (QED) is 0.440. The van der Waals surface area contributed by atoms with Gasteiger partial charge in [-0.2, -0.15) is 0 Å². The Morgan fingerprint density at radius 1 is 1.14 bits per heavy atom. The number of aliphatic hydroxyl groups excluding tert-OH is 1. The molecule has 0 aliphatic heterocycles. The van der Waals surface area contributed by atoms with Gasteiger partial charge in [0.1, 0.15) is 5.92 Å². The molecule has 1 rings (SSSR count). The molecule has 0 spiro atoms. The van der Waals surface area contributed by atoms with Crippen LogP contribution in [0.1, 0.15) is 11.5 Å². The SMILES string of the molecule is C=CC(=O)OC(O)(OC(=O)C=C)C(CO)c1ccccc1. The molecule has 0 bridgehead atoms. The van der Waals surface area contributed by atoms with Crippen molar-refractivity contribution >= 4 is 11.9 Å². The number of hydrogen-bond acceptors (Lipinski definition) is 6. The second kappa shape index (κ2) is 7.37. The Hall–Kier alpha value is -2.44. The van der Waals surface area contributed by atoms with Crippen LogP contribution in [0.2, 0.25) is 0 Å². The Morgan fingerprint density at radius 2 is 1.62 bits per heavy atom. The zero-order chi connectivity index (χ0) is 15.9. The Morgan fingerprint density at radius 3 is 2.00 bits per heavy atom. The van der Waals surface area contributed by atoms with Gasteiger partial charge in [0.25, 0.3) is 0 Å². The molecule has 1 atom stereocenters. The second-order valence-corrected chi connectivity index (χ2v) is 4.03. The highest BCUT2D eigenvalue weighted by Gasteiger charge is 2.45. The molecular weight excluding hydrogens is 276 g/mol. The summed E-state index contributed by atoms with van der Waals surface area (Å²) >= 11 is 0. The van der Waals surface area contributed by atoms with Crippen molar-refractivity contribution in [2.45, 2.75) is 11.9 Å². The average Bonchev–Trinajstić information content (AvgIpc) is 2.48. The normalized spacial score (nSPS) is 12.1. The van der Waals surface area contributed by atoms with Crippen molar-refractivity contribution in [1.82, 2.24) is 0 Å². The molecule has 0 radical (unpaired) electrons. The van der Waals surface area contributed by atoms with Crippen LogP contribution in [0.3, 0.4) is 0 Å². The Bertz CT molecular complexity index is 500. The third-order valence-corrected chi connectivity index (χ3v) is 2.65. The molecule has 6 nitrogen and oxygen atoms in total. The predicted molar refractivity (Wildman–Crippen MR) is 73.8 cm³/mol. The molecule has 0 saturated heterocycles. The molecule has 0 aromatic heterocycles. The minimum Gasteiger partial charge on any atom is -0.395 e. The van der Waals surface area contributed by atoms with Crippen molar-refractivity contribution < 1.29 is 29.3 Å². The zero-order valence-corrected chi connectivity index (χ0v) is 11.3. The van der Waals surface area contributed by atoms with E-state index in [9.17, 15) is 19.8 Å². The average molecular weight is 292 g/mol. The monoisotopic (exact) mass is 292 g/mol. The lowest BCUT2D eigenvalue weighted by Gasteiger charge is -2.32. The molecule has 0 aliphatic rings. The molecular formula is C15H16O6. The fourth-order valence-electron chi connectivity index (χ4n) is 1.65. The molecule has 1 aromatic carbocycles. The minimum absolute atomic E-state index is 0.413. The lowest BCUT2D eigenvalue weighted by Crippen LogP contribution is -2.46. The maximum atomic E-state index is 11.3. The van der Waals surface area contributed by atoms with Crippen molar-refractivity contribution in [3.05, 3.63) is 61.2 Å². The first-order valence-corrected chi connectivity index (χ1v) is 6.05. The Kier molecular flexibility index (Phi) is 5.83. The van der Waals surface area contributed by atoms with Crippen LogP contribution in [0.4, 0.5) is 0 Å². The molecule has 0 fully saturated rings. The molecule has 0 aliphatic carbocycles. The van der Waals surface area contributed by atoms with E-state index in [1.165, 1.54) is 0 Å². The highest BCUT2D eigenvalue weighted by Crippen LogP contribution is 2.31. The van der Waals surface area contributed by atoms with Crippen molar-refractivity contribution in [3.8, 4) is 0 Å². The van der Waals surface area contributed by atoms with Gasteiger partial charge < -0.3 is 19.7 Å². The summed E-state index contributed by atoms with van der Waals surface area (Å²) in [7, 11) is 0. The third kappa shape index (κ3) is 4.27. The molecule has 1 unspecified atom stereocenters. The first kappa shape index (κ1) is 16.6. The molecule has 6 heteroatoms. The molecule has 1 aromatic rings. The topological polar surface area (TPSA) is 93.1 Å². The highest BCUT2D eigenvalue weighted by molar-refractivity contribution is 5.83. The van der Waals surface area contributed by atoms with Crippen molar-refractivity contribution in [3.63, 3.8) is 0 Å². The van der Waals surface area contributed by atoms with E-state index in [0.717, 1.165) is 12.2 Å². The van der Waals surface area contributed by atoms with Gasteiger partial charge in [0, 0.05) is 12.2 Å². The molecule has 21 heavy (non-hydrogen) atoms. The zero-order valence-electron chi connectivity index (χ0n) is 11.3. The standard InChI is InChI=1S/C15H16O6/c1-3-13(17)20-15(19,21-14(18)4-2)12(10-16)11-8-6-5-7-9-11/h3-9,12,16,19H,1-2,10H2. The van der Waals surface area contributed by atoms with Gasteiger partial charge in [0.05, 0.1) is 6.61 Å². The van der Waals surface area contributed by atoms with Gasteiger partial charge in [-0.1, -0.05) is 43.5 Å². The largest absolute Gasteiger partial charge is 0.395 e. The number of rotatable bonds is 7. The molecule has 112 valence electrons.